The minimum Gasteiger partial charge on any atom is -0.349 e. The Morgan fingerprint density at radius 2 is 1.80 bits per heavy atom. The van der Waals surface area contributed by atoms with Crippen LogP contribution in [-0.2, 0) is 12.7 Å². The molecule has 3 aromatic rings. The van der Waals surface area contributed by atoms with Crippen LogP contribution in [0.2, 0.25) is 0 Å². The Balaban J connectivity index is 1.54. The highest BCUT2D eigenvalue weighted by Crippen LogP contribution is 2.33. The second-order valence-corrected chi connectivity index (χ2v) is 6.91. The van der Waals surface area contributed by atoms with Crippen LogP contribution in [0.3, 0.4) is 0 Å². The molecule has 0 spiro atoms. The molecule has 2 amide bonds. The Labute approximate surface area is 171 Å². The highest BCUT2D eigenvalue weighted by atomic mass is 19.4. The normalized spacial score (nSPS) is 13.7. The lowest BCUT2D eigenvalue weighted by atomic mass is 10.1. The summed E-state index contributed by atoms with van der Waals surface area (Å²) in [5.74, 6) is 0.659. The monoisotopic (exact) mass is 412 g/mol. The first kappa shape index (κ1) is 19.8. The van der Waals surface area contributed by atoms with Gasteiger partial charge < -0.3 is 10.2 Å². The van der Waals surface area contributed by atoms with E-state index in [9.17, 15) is 18.0 Å². The summed E-state index contributed by atoms with van der Waals surface area (Å²) in [5, 5.41) is 2.57. The van der Waals surface area contributed by atoms with E-state index in [-0.39, 0.29) is 5.69 Å². The number of anilines is 3. The quantitative estimate of drug-likeness (QED) is 0.647. The molecule has 1 aliphatic heterocycles. The maximum Gasteiger partial charge on any atom is 0.416 e. The number of hydrogen-bond acceptors (Lipinski definition) is 3. The number of carbonyl (C=O) groups is 1. The fourth-order valence-electron chi connectivity index (χ4n) is 3.42. The Kier molecular flexibility index (Phi) is 5.31. The molecule has 0 saturated carbocycles. The first-order valence-electron chi connectivity index (χ1n) is 9.41. The van der Waals surface area contributed by atoms with Gasteiger partial charge in [0.05, 0.1) is 11.3 Å². The van der Waals surface area contributed by atoms with Crippen molar-refractivity contribution in [3.63, 3.8) is 0 Å². The summed E-state index contributed by atoms with van der Waals surface area (Å²) < 4.78 is 38.8. The van der Waals surface area contributed by atoms with Gasteiger partial charge in [-0.25, -0.2) is 9.78 Å². The highest BCUT2D eigenvalue weighted by molar-refractivity contribution is 6.04. The zero-order chi connectivity index (χ0) is 21.1. The molecule has 0 fully saturated rings. The fourth-order valence-corrected chi connectivity index (χ4v) is 3.42. The van der Waals surface area contributed by atoms with Gasteiger partial charge in [-0.3, -0.25) is 4.90 Å². The van der Waals surface area contributed by atoms with Gasteiger partial charge in [-0.05, 0) is 35.9 Å². The molecule has 0 bridgehead atoms. The molecule has 0 unspecified atom stereocenters. The second-order valence-electron chi connectivity index (χ2n) is 6.91. The van der Waals surface area contributed by atoms with Crippen molar-refractivity contribution in [2.24, 2.45) is 0 Å². The predicted octanol–water partition coefficient (Wildman–Crippen LogP) is 5.16. The van der Waals surface area contributed by atoms with E-state index in [0.29, 0.717) is 31.1 Å². The summed E-state index contributed by atoms with van der Waals surface area (Å²) in [6.07, 6.45) is -2.81. The van der Waals surface area contributed by atoms with Crippen LogP contribution in [0, 0.1) is 0 Å². The highest BCUT2D eigenvalue weighted by Gasteiger charge is 2.31. The van der Waals surface area contributed by atoms with Crippen molar-refractivity contribution in [2.75, 3.05) is 28.2 Å². The molecule has 1 aliphatic rings. The van der Waals surface area contributed by atoms with Crippen molar-refractivity contribution in [1.82, 2.24) is 4.98 Å². The van der Waals surface area contributed by atoms with Gasteiger partial charge in [-0.15, -0.1) is 0 Å². The van der Waals surface area contributed by atoms with Crippen LogP contribution in [0.4, 0.5) is 35.2 Å². The topological polar surface area (TPSA) is 48.5 Å². The number of carbonyl (C=O) groups excluding carboxylic acids is 1. The molecule has 2 heterocycles. The molecule has 0 atom stereocenters. The van der Waals surface area contributed by atoms with Gasteiger partial charge in [0, 0.05) is 31.5 Å². The van der Waals surface area contributed by atoms with Gasteiger partial charge in [-0.1, -0.05) is 36.4 Å². The molecule has 4 rings (SSSR count). The number of hydrogen-bond donors (Lipinski definition) is 1. The van der Waals surface area contributed by atoms with Crippen molar-refractivity contribution in [2.45, 2.75) is 12.7 Å². The van der Waals surface area contributed by atoms with Gasteiger partial charge in [-0.2, -0.15) is 13.2 Å². The standard InChI is InChI=1S/C22H19F3N4O/c23-22(24,25)17-8-4-9-18(14-17)27-21(30)29-13-12-28(15-16-6-2-1-3-7-16)20-19(29)10-5-11-26-20/h1-11,14H,12-13,15H2,(H,27,30). The minimum atomic E-state index is -4.47. The third-order valence-corrected chi connectivity index (χ3v) is 4.85. The zero-order valence-corrected chi connectivity index (χ0v) is 15.9. The Bertz CT molecular complexity index is 1040. The van der Waals surface area contributed by atoms with Crippen molar-refractivity contribution < 1.29 is 18.0 Å². The molecule has 0 aliphatic carbocycles. The van der Waals surface area contributed by atoms with Gasteiger partial charge >= 0.3 is 12.2 Å². The number of aromatic nitrogens is 1. The van der Waals surface area contributed by atoms with Gasteiger partial charge in [0.1, 0.15) is 0 Å². The number of urea groups is 1. The molecular weight excluding hydrogens is 393 g/mol. The summed E-state index contributed by atoms with van der Waals surface area (Å²) in [6.45, 7) is 1.58. The summed E-state index contributed by atoms with van der Waals surface area (Å²) in [7, 11) is 0. The number of alkyl halides is 3. The SMILES string of the molecule is O=C(Nc1cccc(C(F)(F)F)c1)N1CCN(Cc2ccccc2)c2ncccc21. The Hall–Kier alpha value is -3.55. The summed E-state index contributed by atoms with van der Waals surface area (Å²) in [4.78, 5) is 20.9. The lowest BCUT2D eigenvalue weighted by Crippen LogP contribution is -2.46. The van der Waals surface area contributed by atoms with E-state index in [2.05, 4.69) is 15.2 Å². The molecule has 1 N–H and O–H groups in total. The predicted molar refractivity (Wildman–Crippen MR) is 110 cm³/mol. The molecule has 30 heavy (non-hydrogen) atoms. The van der Waals surface area contributed by atoms with Crippen molar-refractivity contribution in [3.05, 3.63) is 84.1 Å². The van der Waals surface area contributed by atoms with Gasteiger partial charge in [0.2, 0.25) is 0 Å². The van der Waals surface area contributed by atoms with E-state index in [1.807, 2.05) is 30.3 Å². The Morgan fingerprint density at radius 3 is 2.57 bits per heavy atom. The van der Waals surface area contributed by atoms with E-state index >= 15 is 0 Å². The maximum absolute atomic E-state index is 12.9. The number of nitrogens with one attached hydrogen (secondary N) is 1. The van der Waals surface area contributed by atoms with Crippen LogP contribution < -0.4 is 15.1 Å². The van der Waals surface area contributed by atoms with E-state index < -0.39 is 17.8 Å². The number of rotatable bonds is 3. The van der Waals surface area contributed by atoms with Crippen molar-refractivity contribution >= 4 is 23.2 Å². The van der Waals surface area contributed by atoms with Crippen molar-refractivity contribution in [1.29, 1.82) is 0 Å². The molecule has 5 nitrogen and oxygen atoms in total. The fraction of sp³-hybridized carbons (Fsp3) is 0.182. The minimum absolute atomic E-state index is 0.0898. The number of nitrogens with zero attached hydrogens (tertiary/aromatic N) is 3. The van der Waals surface area contributed by atoms with Crippen LogP contribution in [0.15, 0.2) is 72.9 Å². The number of benzene rings is 2. The molecule has 2 aromatic carbocycles. The molecule has 8 heteroatoms. The molecule has 0 saturated heterocycles. The van der Waals surface area contributed by atoms with Crippen LogP contribution in [0.1, 0.15) is 11.1 Å². The van der Waals surface area contributed by atoms with E-state index in [0.717, 1.165) is 17.7 Å². The second kappa shape index (κ2) is 8.06. The Morgan fingerprint density at radius 1 is 1.00 bits per heavy atom. The van der Waals surface area contributed by atoms with Crippen molar-refractivity contribution in [3.8, 4) is 0 Å². The lowest BCUT2D eigenvalue weighted by molar-refractivity contribution is -0.137. The average Bonchev–Trinajstić information content (AvgIpc) is 2.74. The van der Waals surface area contributed by atoms with E-state index in [1.54, 1.807) is 18.3 Å². The van der Waals surface area contributed by atoms with Gasteiger partial charge in [0.25, 0.3) is 0 Å². The first-order valence-corrected chi connectivity index (χ1v) is 9.41. The summed E-state index contributed by atoms with van der Waals surface area (Å²) in [6, 6.07) is 17.5. The maximum atomic E-state index is 12.9. The number of pyridine rings is 1. The molecule has 154 valence electrons. The third kappa shape index (κ3) is 4.22. The first-order chi connectivity index (χ1) is 14.4. The molecule has 1 aromatic heterocycles. The zero-order valence-electron chi connectivity index (χ0n) is 15.9. The largest absolute Gasteiger partial charge is 0.416 e. The molecule has 0 radical (unpaired) electrons. The average molecular weight is 412 g/mol. The summed E-state index contributed by atoms with van der Waals surface area (Å²) in [5.41, 5.74) is 1.02. The van der Waals surface area contributed by atoms with E-state index in [1.165, 1.54) is 17.0 Å². The molecular formula is C22H19F3N4O. The third-order valence-electron chi connectivity index (χ3n) is 4.85. The van der Waals surface area contributed by atoms with Gasteiger partial charge in [0.15, 0.2) is 5.82 Å². The summed E-state index contributed by atoms with van der Waals surface area (Å²) >= 11 is 0. The van der Waals surface area contributed by atoms with Crippen LogP contribution in [0.25, 0.3) is 0 Å². The number of halogens is 3. The van der Waals surface area contributed by atoms with E-state index in [4.69, 9.17) is 0 Å². The number of amides is 2. The van der Waals surface area contributed by atoms with Crippen LogP contribution in [0.5, 0.6) is 0 Å². The van der Waals surface area contributed by atoms with Crippen LogP contribution in [-0.4, -0.2) is 24.1 Å². The number of fused-ring (bicyclic) bond motifs is 1. The lowest BCUT2D eigenvalue weighted by Gasteiger charge is -2.36. The van der Waals surface area contributed by atoms with Crippen LogP contribution >= 0.6 is 0 Å². The smallest absolute Gasteiger partial charge is 0.349 e.